The summed E-state index contributed by atoms with van der Waals surface area (Å²) in [5, 5.41) is 13.4. The average Bonchev–Trinajstić information content (AvgIpc) is 2.28. The summed E-state index contributed by atoms with van der Waals surface area (Å²) in [5.74, 6) is 0. The summed E-state index contributed by atoms with van der Waals surface area (Å²) in [6.07, 6.45) is 1.79. The number of aliphatic hydroxyl groups excluding tert-OH is 1. The Labute approximate surface area is 95.3 Å². The highest BCUT2D eigenvalue weighted by Gasteiger charge is 2.12. The molecule has 2 atom stereocenters. The monoisotopic (exact) mass is 226 g/mol. The van der Waals surface area contributed by atoms with E-state index in [1.807, 2.05) is 20.0 Å². The van der Waals surface area contributed by atoms with E-state index in [9.17, 15) is 0 Å². The van der Waals surface area contributed by atoms with Crippen molar-refractivity contribution in [3.8, 4) is 0 Å². The number of hydrogen-bond donors (Lipinski definition) is 2. The van der Waals surface area contributed by atoms with Crippen LogP contribution in [0.1, 0.15) is 25.5 Å². The van der Waals surface area contributed by atoms with E-state index in [4.69, 9.17) is 5.11 Å². The minimum Gasteiger partial charge on any atom is -0.395 e. The van der Waals surface area contributed by atoms with Crippen LogP contribution in [0.5, 0.6) is 0 Å². The minimum atomic E-state index is 0.175. The zero-order valence-corrected chi connectivity index (χ0v) is 10.2. The molecule has 0 bridgehead atoms. The van der Waals surface area contributed by atoms with Gasteiger partial charge in [-0.05, 0) is 20.0 Å². The Morgan fingerprint density at radius 2 is 2.27 bits per heavy atom. The van der Waals surface area contributed by atoms with E-state index in [0.717, 1.165) is 5.03 Å². The maximum atomic E-state index is 9.02. The standard InChI is InChI=1S/C11H18N2OS/c1-8(7-14)15-11-10(9(2)12-3)5-4-6-13-11/h4-6,8-9,12,14H,7H2,1-3H3. The van der Waals surface area contributed by atoms with E-state index in [1.54, 1.807) is 18.0 Å². The number of aromatic nitrogens is 1. The number of hydrogen-bond acceptors (Lipinski definition) is 4. The van der Waals surface area contributed by atoms with Gasteiger partial charge < -0.3 is 10.4 Å². The molecule has 2 N–H and O–H groups in total. The Morgan fingerprint density at radius 1 is 1.53 bits per heavy atom. The molecule has 84 valence electrons. The third kappa shape index (κ3) is 3.48. The largest absolute Gasteiger partial charge is 0.395 e. The van der Waals surface area contributed by atoms with Crippen molar-refractivity contribution < 1.29 is 5.11 Å². The van der Waals surface area contributed by atoms with Gasteiger partial charge >= 0.3 is 0 Å². The van der Waals surface area contributed by atoms with Crippen LogP contribution in [0.4, 0.5) is 0 Å². The molecule has 0 spiro atoms. The zero-order valence-electron chi connectivity index (χ0n) is 9.40. The molecule has 0 saturated carbocycles. The summed E-state index contributed by atoms with van der Waals surface area (Å²) < 4.78 is 0. The van der Waals surface area contributed by atoms with Gasteiger partial charge in [0.15, 0.2) is 0 Å². The van der Waals surface area contributed by atoms with Gasteiger partial charge in [-0.1, -0.05) is 13.0 Å². The van der Waals surface area contributed by atoms with Crippen molar-refractivity contribution in [3.63, 3.8) is 0 Å². The molecular formula is C11H18N2OS. The first kappa shape index (κ1) is 12.5. The van der Waals surface area contributed by atoms with E-state index >= 15 is 0 Å². The van der Waals surface area contributed by atoms with Gasteiger partial charge in [0.05, 0.1) is 6.61 Å². The molecule has 0 amide bonds. The van der Waals surface area contributed by atoms with Crippen molar-refractivity contribution in [1.29, 1.82) is 0 Å². The molecule has 15 heavy (non-hydrogen) atoms. The molecule has 1 rings (SSSR count). The zero-order chi connectivity index (χ0) is 11.3. The smallest absolute Gasteiger partial charge is 0.101 e. The molecule has 0 radical (unpaired) electrons. The number of nitrogens with one attached hydrogen (secondary N) is 1. The van der Waals surface area contributed by atoms with E-state index < -0.39 is 0 Å². The van der Waals surface area contributed by atoms with Crippen molar-refractivity contribution >= 4 is 11.8 Å². The Bertz CT molecular complexity index is 306. The van der Waals surface area contributed by atoms with Crippen LogP contribution in [0.3, 0.4) is 0 Å². The quantitative estimate of drug-likeness (QED) is 0.752. The van der Waals surface area contributed by atoms with Gasteiger partial charge in [-0.15, -0.1) is 11.8 Å². The van der Waals surface area contributed by atoms with Crippen molar-refractivity contribution in [3.05, 3.63) is 23.9 Å². The molecule has 0 aromatic carbocycles. The average molecular weight is 226 g/mol. The summed E-state index contributed by atoms with van der Waals surface area (Å²) in [5.41, 5.74) is 1.19. The lowest BCUT2D eigenvalue weighted by Crippen LogP contribution is -2.14. The Balaban J connectivity index is 2.86. The number of nitrogens with zero attached hydrogens (tertiary/aromatic N) is 1. The summed E-state index contributed by atoms with van der Waals surface area (Å²) >= 11 is 1.61. The second kappa shape index (κ2) is 6.10. The molecule has 0 aliphatic heterocycles. The van der Waals surface area contributed by atoms with E-state index in [-0.39, 0.29) is 17.9 Å². The fraction of sp³-hybridized carbons (Fsp3) is 0.545. The van der Waals surface area contributed by atoms with Crippen molar-refractivity contribution in [1.82, 2.24) is 10.3 Å². The molecule has 3 nitrogen and oxygen atoms in total. The molecule has 1 aromatic heterocycles. The van der Waals surface area contributed by atoms with Gasteiger partial charge in [0.25, 0.3) is 0 Å². The Hall–Kier alpha value is -0.580. The van der Waals surface area contributed by atoms with Gasteiger partial charge in [0.1, 0.15) is 5.03 Å². The molecule has 0 aliphatic rings. The van der Waals surface area contributed by atoms with E-state index in [1.165, 1.54) is 5.56 Å². The van der Waals surface area contributed by atoms with Crippen molar-refractivity contribution in [2.75, 3.05) is 13.7 Å². The number of rotatable bonds is 5. The van der Waals surface area contributed by atoms with Crippen LogP contribution >= 0.6 is 11.8 Å². The third-order valence-corrected chi connectivity index (χ3v) is 3.39. The minimum absolute atomic E-state index is 0.175. The van der Waals surface area contributed by atoms with E-state index in [0.29, 0.717) is 0 Å². The molecule has 0 saturated heterocycles. The summed E-state index contributed by atoms with van der Waals surface area (Å²) in [7, 11) is 1.93. The first-order valence-electron chi connectivity index (χ1n) is 5.08. The highest BCUT2D eigenvalue weighted by Crippen LogP contribution is 2.27. The summed E-state index contributed by atoms with van der Waals surface area (Å²) in [6, 6.07) is 4.30. The lowest BCUT2D eigenvalue weighted by atomic mass is 10.1. The van der Waals surface area contributed by atoms with Crippen LogP contribution in [0.15, 0.2) is 23.4 Å². The van der Waals surface area contributed by atoms with Crippen LogP contribution in [0, 0.1) is 0 Å². The maximum absolute atomic E-state index is 9.02. The normalized spacial score (nSPS) is 14.9. The van der Waals surface area contributed by atoms with Crippen LogP contribution in [0.25, 0.3) is 0 Å². The highest BCUT2D eigenvalue weighted by molar-refractivity contribution is 7.99. The fourth-order valence-electron chi connectivity index (χ4n) is 1.21. The highest BCUT2D eigenvalue weighted by atomic mass is 32.2. The second-order valence-electron chi connectivity index (χ2n) is 3.52. The van der Waals surface area contributed by atoms with Crippen molar-refractivity contribution in [2.24, 2.45) is 0 Å². The predicted octanol–water partition coefficient (Wildman–Crippen LogP) is 1.83. The molecule has 1 heterocycles. The van der Waals surface area contributed by atoms with Gasteiger partial charge in [-0.25, -0.2) is 4.98 Å². The van der Waals surface area contributed by atoms with Crippen LogP contribution in [0.2, 0.25) is 0 Å². The first-order valence-corrected chi connectivity index (χ1v) is 5.96. The SMILES string of the molecule is CNC(C)c1cccnc1SC(C)CO. The third-order valence-electron chi connectivity index (χ3n) is 2.27. The molecule has 0 fully saturated rings. The van der Waals surface area contributed by atoms with Gasteiger partial charge in [-0.2, -0.15) is 0 Å². The lowest BCUT2D eigenvalue weighted by Gasteiger charge is -2.16. The van der Waals surface area contributed by atoms with Gasteiger partial charge in [-0.3, -0.25) is 0 Å². The van der Waals surface area contributed by atoms with Crippen LogP contribution < -0.4 is 5.32 Å². The number of thioether (sulfide) groups is 1. The molecule has 1 aromatic rings. The Morgan fingerprint density at radius 3 is 2.87 bits per heavy atom. The molecule has 0 aliphatic carbocycles. The summed E-state index contributed by atoms with van der Waals surface area (Å²) in [6.45, 7) is 4.27. The molecule has 4 heteroatoms. The Kier molecular flexibility index (Phi) is 5.08. The predicted molar refractivity (Wildman–Crippen MR) is 64.1 cm³/mol. The van der Waals surface area contributed by atoms with Gasteiger partial charge in [0, 0.05) is 23.1 Å². The van der Waals surface area contributed by atoms with E-state index in [2.05, 4.69) is 23.3 Å². The topological polar surface area (TPSA) is 45.2 Å². The van der Waals surface area contributed by atoms with Gasteiger partial charge in [0.2, 0.25) is 0 Å². The maximum Gasteiger partial charge on any atom is 0.101 e. The van der Waals surface area contributed by atoms with Crippen molar-refractivity contribution in [2.45, 2.75) is 30.2 Å². The molecule has 2 unspecified atom stereocenters. The number of pyridine rings is 1. The van der Waals surface area contributed by atoms with Crippen LogP contribution in [-0.2, 0) is 0 Å². The second-order valence-corrected chi connectivity index (χ2v) is 4.95. The fourth-order valence-corrected chi connectivity index (χ4v) is 2.17. The van der Waals surface area contributed by atoms with Crippen LogP contribution in [-0.4, -0.2) is 29.0 Å². The number of aliphatic hydroxyl groups is 1. The lowest BCUT2D eigenvalue weighted by molar-refractivity contribution is 0.300. The summed E-state index contributed by atoms with van der Waals surface area (Å²) in [4.78, 5) is 4.35. The molecular weight excluding hydrogens is 208 g/mol. The first-order chi connectivity index (χ1) is 7.19.